The van der Waals surface area contributed by atoms with Gasteiger partial charge in [0.2, 0.25) is 0 Å². The lowest BCUT2D eigenvalue weighted by atomic mass is 10.1. The first-order valence-corrected chi connectivity index (χ1v) is 5.37. The fourth-order valence-electron chi connectivity index (χ4n) is 1.13. The van der Waals surface area contributed by atoms with E-state index in [0.29, 0.717) is 0 Å². The minimum atomic E-state index is 0.928. The molecule has 0 atom stereocenters. The number of halogens is 1. The standard InChI is InChI=1S/C10H13IN2/c1-2-3-4-5-9-6-7-12-10(8-9)13-11/h2,6-8H,1,3-5H2,(H,12,13). The van der Waals surface area contributed by atoms with Gasteiger partial charge >= 0.3 is 0 Å². The van der Waals surface area contributed by atoms with Gasteiger partial charge in [-0.05, 0) is 37.0 Å². The second-order valence-corrected chi connectivity index (χ2v) is 3.36. The quantitative estimate of drug-likeness (QED) is 0.389. The summed E-state index contributed by atoms with van der Waals surface area (Å²) < 4.78 is 3.00. The maximum Gasteiger partial charge on any atom is 0.134 e. The zero-order valence-electron chi connectivity index (χ0n) is 7.46. The molecule has 0 aliphatic heterocycles. The molecule has 0 unspecified atom stereocenters. The van der Waals surface area contributed by atoms with Gasteiger partial charge in [-0.2, -0.15) is 0 Å². The SMILES string of the molecule is C=CCCCc1ccnc(NI)c1. The highest BCUT2D eigenvalue weighted by molar-refractivity contribution is 14.1. The van der Waals surface area contributed by atoms with Crippen LogP contribution in [0.4, 0.5) is 5.82 Å². The van der Waals surface area contributed by atoms with Crippen molar-refractivity contribution in [2.45, 2.75) is 19.3 Å². The summed E-state index contributed by atoms with van der Waals surface area (Å²) in [6.45, 7) is 3.70. The number of pyridine rings is 1. The van der Waals surface area contributed by atoms with Gasteiger partial charge in [0, 0.05) is 6.20 Å². The summed E-state index contributed by atoms with van der Waals surface area (Å²) in [6, 6.07) is 4.14. The average Bonchev–Trinajstić information content (AvgIpc) is 2.19. The number of aryl methyl sites for hydroxylation is 1. The molecule has 0 bridgehead atoms. The van der Waals surface area contributed by atoms with E-state index in [4.69, 9.17) is 0 Å². The van der Waals surface area contributed by atoms with Crippen molar-refractivity contribution < 1.29 is 0 Å². The lowest BCUT2D eigenvalue weighted by Crippen LogP contribution is -1.89. The third-order valence-corrected chi connectivity index (χ3v) is 2.35. The molecule has 0 saturated heterocycles. The molecule has 2 nitrogen and oxygen atoms in total. The molecule has 0 radical (unpaired) electrons. The first-order valence-electron chi connectivity index (χ1n) is 4.29. The zero-order valence-corrected chi connectivity index (χ0v) is 9.62. The van der Waals surface area contributed by atoms with Crippen molar-refractivity contribution in [2.24, 2.45) is 0 Å². The first kappa shape index (κ1) is 10.5. The molecule has 1 N–H and O–H groups in total. The molecule has 1 aromatic heterocycles. The van der Waals surface area contributed by atoms with Crippen molar-refractivity contribution >= 4 is 28.7 Å². The van der Waals surface area contributed by atoms with Gasteiger partial charge in [-0.15, -0.1) is 6.58 Å². The maximum atomic E-state index is 4.15. The smallest absolute Gasteiger partial charge is 0.134 e. The molecule has 1 heterocycles. The molecule has 0 saturated carbocycles. The van der Waals surface area contributed by atoms with E-state index >= 15 is 0 Å². The summed E-state index contributed by atoms with van der Waals surface area (Å²) in [5, 5.41) is 0. The van der Waals surface area contributed by atoms with Crippen molar-refractivity contribution in [3.05, 3.63) is 36.5 Å². The van der Waals surface area contributed by atoms with Gasteiger partial charge in [0.15, 0.2) is 0 Å². The minimum absolute atomic E-state index is 0.928. The molecule has 0 aliphatic carbocycles. The summed E-state index contributed by atoms with van der Waals surface area (Å²) in [4.78, 5) is 4.15. The first-order chi connectivity index (χ1) is 6.36. The number of hydrogen-bond donors (Lipinski definition) is 1. The monoisotopic (exact) mass is 288 g/mol. The van der Waals surface area contributed by atoms with Gasteiger partial charge in [-0.1, -0.05) is 6.08 Å². The van der Waals surface area contributed by atoms with E-state index < -0.39 is 0 Å². The number of nitrogens with zero attached hydrogens (tertiary/aromatic N) is 1. The summed E-state index contributed by atoms with van der Waals surface area (Å²) >= 11 is 2.09. The van der Waals surface area contributed by atoms with Crippen molar-refractivity contribution in [2.75, 3.05) is 3.53 Å². The predicted molar refractivity (Wildman–Crippen MR) is 65.0 cm³/mol. The molecule has 13 heavy (non-hydrogen) atoms. The van der Waals surface area contributed by atoms with Crippen LogP contribution >= 0.6 is 22.9 Å². The van der Waals surface area contributed by atoms with Crippen LogP contribution in [0.5, 0.6) is 0 Å². The third kappa shape index (κ3) is 3.76. The van der Waals surface area contributed by atoms with E-state index in [1.165, 1.54) is 5.56 Å². The van der Waals surface area contributed by atoms with Gasteiger partial charge in [-0.25, -0.2) is 4.98 Å². The van der Waals surface area contributed by atoms with Gasteiger partial charge in [0.05, 0.1) is 22.9 Å². The van der Waals surface area contributed by atoms with Crippen LogP contribution in [0.3, 0.4) is 0 Å². The molecule has 0 fully saturated rings. The third-order valence-electron chi connectivity index (χ3n) is 1.79. The fraction of sp³-hybridized carbons (Fsp3) is 0.300. The Morgan fingerprint density at radius 1 is 1.62 bits per heavy atom. The van der Waals surface area contributed by atoms with E-state index in [0.717, 1.165) is 25.1 Å². The molecule has 0 aromatic carbocycles. The van der Waals surface area contributed by atoms with Crippen molar-refractivity contribution in [3.8, 4) is 0 Å². The van der Waals surface area contributed by atoms with Crippen LogP contribution in [0.15, 0.2) is 31.0 Å². The number of anilines is 1. The Hall–Kier alpha value is -0.580. The topological polar surface area (TPSA) is 24.9 Å². The Kier molecular flexibility index (Phi) is 4.82. The van der Waals surface area contributed by atoms with E-state index in [2.05, 4.69) is 50.1 Å². The second-order valence-electron chi connectivity index (χ2n) is 2.82. The van der Waals surface area contributed by atoms with Gasteiger partial charge in [0.25, 0.3) is 0 Å². The normalized spacial score (nSPS) is 9.62. The second kappa shape index (κ2) is 5.96. The molecule has 1 rings (SSSR count). The van der Waals surface area contributed by atoms with E-state index in [1.807, 2.05) is 12.3 Å². The Balaban J connectivity index is 2.50. The number of nitrogens with one attached hydrogen (secondary N) is 1. The number of rotatable bonds is 5. The Morgan fingerprint density at radius 2 is 2.46 bits per heavy atom. The molecule has 1 aromatic rings. The summed E-state index contributed by atoms with van der Waals surface area (Å²) in [5.41, 5.74) is 1.33. The molecule has 70 valence electrons. The predicted octanol–water partition coefficient (Wildman–Crippen LogP) is 3.35. The van der Waals surface area contributed by atoms with Crippen LogP contribution in [-0.4, -0.2) is 4.98 Å². The van der Waals surface area contributed by atoms with Gasteiger partial charge in [-0.3, -0.25) is 0 Å². The fourth-order valence-corrected chi connectivity index (χ4v) is 1.43. The van der Waals surface area contributed by atoms with Crippen LogP contribution in [-0.2, 0) is 6.42 Å². The van der Waals surface area contributed by atoms with Gasteiger partial charge in [0.1, 0.15) is 5.82 Å². The van der Waals surface area contributed by atoms with E-state index in [9.17, 15) is 0 Å². The Labute approximate surface area is 93.0 Å². The van der Waals surface area contributed by atoms with Crippen LogP contribution in [0, 0.1) is 0 Å². The van der Waals surface area contributed by atoms with Crippen LogP contribution < -0.4 is 3.53 Å². The number of unbranched alkanes of at least 4 members (excludes halogenated alkanes) is 1. The highest BCUT2D eigenvalue weighted by atomic mass is 127. The average molecular weight is 288 g/mol. The zero-order chi connectivity index (χ0) is 9.52. The Bertz CT molecular complexity index is 273. The summed E-state index contributed by atoms with van der Waals surface area (Å²) in [6.07, 6.45) is 7.13. The Morgan fingerprint density at radius 3 is 3.15 bits per heavy atom. The lowest BCUT2D eigenvalue weighted by molar-refractivity contribution is 0.843. The number of aromatic nitrogens is 1. The molecule has 0 spiro atoms. The number of allylic oxidation sites excluding steroid dienone is 1. The molecule has 0 aliphatic rings. The van der Waals surface area contributed by atoms with Crippen molar-refractivity contribution in [1.82, 2.24) is 4.98 Å². The highest BCUT2D eigenvalue weighted by Crippen LogP contribution is 2.11. The van der Waals surface area contributed by atoms with E-state index in [1.54, 1.807) is 0 Å². The van der Waals surface area contributed by atoms with Crippen LogP contribution in [0.25, 0.3) is 0 Å². The van der Waals surface area contributed by atoms with Crippen LogP contribution in [0.1, 0.15) is 18.4 Å². The lowest BCUT2D eigenvalue weighted by Gasteiger charge is -2.01. The molecular weight excluding hydrogens is 275 g/mol. The van der Waals surface area contributed by atoms with Crippen LogP contribution in [0.2, 0.25) is 0 Å². The highest BCUT2D eigenvalue weighted by Gasteiger charge is 1.94. The van der Waals surface area contributed by atoms with E-state index in [-0.39, 0.29) is 0 Å². The molecule has 0 amide bonds. The number of hydrogen-bond acceptors (Lipinski definition) is 2. The van der Waals surface area contributed by atoms with Crippen molar-refractivity contribution in [1.29, 1.82) is 0 Å². The van der Waals surface area contributed by atoms with Gasteiger partial charge < -0.3 is 3.53 Å². The molecule has 3 heteroatoms. The summed E-state index contributed by atoms with van der Waals surface area (Å²) in [5.74, 6) is 0.928. The molecular formula is C10H13IN2. The van der Waals surface area contributed by atoms with Crippen molar-refractivity contribution in [3.63, 3.8) is 0 Å². The minimum Gasteiger partial charge on any atom is -0.313 e. The summed E-state index contributed by atoms with van der Waals surface area (Å²) in [7, 11) is 0. The maximum absolute atomic E-state index is 4.15. The largest absolute Gasteiger partial charge is 0.313 e.